The summed E-state index contributed by atoms with van der Waals surface area (Å²) in [5.74, 6) is 0.761. The highest BCUT2D eigenvalue weighted by Gasteiger charge is 2.12. The quantitative estimate of drug-likeness (QED) is 0.336. The summed E-state index contributed by atoms with van der Waals surface area (Å²) in [6.07, 6.45) is 1.59. The van der Waals surface area contributed by atoms with Crippen LogP contribution in [0.2, 0.25) is 30.1 Å². The molecule has 0 aliphatic carbocycles. The van der Waals surface area contributed by atoms with Gasteiger partial charge in [0.05, 0.1) is 0 Å². The molecule has 0 spiro atoms. The van der Waals surface area contributed by atoms with Crippen LogP contribution >= 0.6 is 69.6 Å². The van der Waals surface area contributed by atoms with Gasteiger partial charge in [0, 0.05) is 57.6 Å². The molecule has 0 aliphatic rings. The SMILES string of the molecule is COC[C@@H](C)Cc1c(Cl)cc(Cl)cc1Cl.COC[C@H](C)Cc1c(Cl)cc(Cl)cc1Cl. The second-order valence-electron chi connectivity index (χ2n) is 7.23. The summed E-state index contributed by atoms with van der Waals surface area (Å²) in [5, 5.41) is 3.61. The smallest absolute Gasteiger partial charge is 0.0491 e. The van der Waals surface area contributed by atoms with Gasteiger partial charge >= 0.3 is 0 Å². The van der Waals surface area contributed by atoms with Crippen LogP contribution in [0.1, 0.15) is 25.0 Å². The molecule has 0 aromatic heterocycles. The number of hydrogen-bond acceptors (Lipinski definition) is 2. The van der Waals surface area contributed by atoms with Gasteiger partial charge in [-0.15, -0.1) is 0 Å². The van der Waals surface area contributed by atoms with E-state index < -0.39 is 0 Å². The van der Waals surface area contributed by atoms with Crippen LogP contribution in [0.5, 0.6) is 0 Å². The zero-order valence-corrected chi connectivity index (χ0v) is 21.9. The predicted molar refractivity (Wildman–Crippen MR) is 132 cm³/mol. The average molecular weight is 535 g/mol. The Labute approximate surface area is 209 Å². The Morgan fingerprint density at radius 2 is 0.867 bits per heavy atom. The summed E-state index contributed by atoms with van der Waals surface area (Å²) in [6.45, 7) is 5.56. The largest absolute Gasteiger partial charge is 0.384 e. The molecule has 0 amide bonds. The molecule has 8 heteroatoms. The Kier molecular flexibility index (Phi) is 13.4. The molecule has 2 aromatic carbocycles. The molecule has 0 bridgehead atoms. The molecule has 0 saturated carbocycles. The zero-order chi connectivity index (χ0) is 22.8. The lowest BCUT2D eigenvalue weighted by atomic mass is 10.0. The third kappa shape index (κ3) is 9.71. The summed E-state index contributed by atoms with van der Waals surface area (Å²) in [4.78, 5) is 0. The van der Waals surface area contributed by atoms with E-state index in [1.165, 1.54) is 0 Å². The molecule has 0 radical (unpaired) electrons. The minimum Gasteiger partial charge on any atom is -0.384 e. The fraction of sp³-hybridized carbons (Fsp3) is 0.455. The van der Waals surface area contributed by atoms with E-state index >= 15 is 0 Å². The normalized spacial score (nSPS) is 12.9. The molecule has 2 nitrogen and oxygen atoms in total. The molecule has 168 valence electrons. The van der Waals surface area contributed by atoms with Crippen molar-refractivity contribution in [3.8, 4) is 0 Å². The summed E-state index contributed by atoms with van der Waals surface area (Å²) in [5.41, 5.74) is 1.87. The van der Waals surface area contributed by atoms with Crippen LogP contribution < -0.4 is 0 Å². The second-order valence-corrected chi connectivity index (χ2v) is 9.73. The lowest BCUT2D eigenvalue weighted by molar-refractivity contribution is 0.159. The maximum absolute atomic E-state index is 6.07. The molecule has 0 heterocycles. The minimum atomic E-state index is 0.381. The van der Waals surface area contributed by atoms with Gasteiger partial charge in [-0.05, 0) is 60.1 Å². The van der Waals surface area contributed by atoms with Crippen molar-refractivity contribution in [2.45, 2.75) is 26.7 Å². The lowest BCUT2D eigenvalue weighted by Gasteiger charge is -2.13. The van der Waals surface area contributed by atoms with Crippen molar-refractivity contribution in [1.29, 1.82) is 0 Å². The van der Waals surface area contributed by atoms with Gasteiger partial charge in [0.1, 0.15) is 0 Å². The number of hydrogen-bond donors (Lipinski definition) is 0. The summed E-state index contributed by atoms with van der Waals surface area (Å²) >= 11 is 35.9. The van der Waals surface area contributed by atoms with Crippen LogP contribution in [-0.4, -0.2) is 27.4 Å². The fourth-order valence-electron chi connectivity index (χ4n) is 2.92. The van der Waals surface area contributed by atoms with Gasteiger partial charge < -0.3 is 9.47 Å². The minimum absolute atomic E-state index is 0.381. The molecule has 2 aromatic rings. The highest BCUT2D eigenvalue weighted by molar-refractivity contribution is 6.40. The summed E-state index contributed by atoms with van der Waals surface area (Å²) in [6, 6.07) is 6.85. The molecule has 2 atom stereocenters. The highest BCUT2D eigenvalue weighted by Crippen LogP contribution is 2.31. The Hall–Kier alpha value is 0.1000. The number of halogens is 6. The van der Waals surface area contributed by atoms with Gasteiger partial charge in [-0.2, -0.15) is 0 Å². The Bertz CT molecular complexity index is 699. The van der Waals surface area contributed by atoms with E-state index in [9.17, 15) is 0 Å². The van der Waals surface area contributed by atoms with Crippen molar-refractivity contribution in [3.63, 3.8) is 0 Å². The van der Waals surface area contributed by atoms with E-state index in [-0.39, 0.29) is 0 Å². The van der Waals surface area contributed by atoms with Gasteiger partial charge in [-0.1, -0.05) is 83.5 Å². The molecule has 30 heavy (non-hydrogen) atoms. The Morgan fingerprint density at radius 3 is 1.10 bits per heavy atom. The highest BCUT2D eigenvalue weighted by atomic mass is 35.5. The van der Waals surface area contributed by atoms with Gasteiger partial charge in [0.2, 0.25) is 0 Å². The lowest BCUT2D eigenvalue weighted by Crippen LogP contribution is -2.07. The van der Waals surface area contributed by atoms with Crippen molar-refractivity contribution < 1.29 is 9.47 Å². The molecule has 0 aliphatic heterocycles. The monoisotopic (exact) mass is 532 g/mol. The maximum Gasteiger partial charge on any atom is 0.0491 e. The fourth-order valence-corrected chi connectivity index (χ4v) is 4.86. The third-order valence-corrected chi connectivity index (χ3v) is 6.00. The predicted octanol–water partition coefficient (Wildman–Crippen LogP) is 8.94. The van der Waals surface area contributed by atoms with Crippen molar-refractivity contribution in [2.75, 3.05) is 27.4 Å². The molecule has 0 fully saturated rings. The van der Waals surface area contributed by atoms with Gasteiger partial charge in [0.25, 0.3) is 0 Å². The van der Waals surface area contributed by atoms with E-state index in [4.69, 9.17) is 79.1 Å². The molecule has 2 rings (SSSR count). The summed E-state index contributed by atoms with van der Waals surface area (Å²) < 4.78 is 10.1. The van der Waals surface area contributed by atoms with Gasteiger partial charge in [0.15, 0.2) is 0 Å². The second kappa shape index (κ2) is 14.3. The van der Waals surface area contributed by atoms with Crippen molar-refractivity contribution in [3.05, 3.63) is 65.5 Å². The first-order chi connectivity index (χ1) is 14.1. The van der Waals surface area contributed by atoms with Crippen molar-refractivity contribution >= 4 is 69.6 Å². The topological polar surface area (TPSA) is 18.5 Å². The van der Waals surface area contributed by atoms with Crippen LogP contribution in [0.3, 0.4) is 0 Å². The summed E-state index contributed by atoms with van der Waals surface area (Å²) in [7, 11) is 3.36. The maximum atomic E-state index is 6.07. The molecular formula is C22H26Cl6O2. The number of rotatable bonds is 8. The molecule has 0 unspecified atom stereocenters. The zero-order valence-electron chi connectivity index (χ0n) is 17.4. The van der Waals surface area contributed by atoms with Crippen LogP contribution in [0, 0.1) is 11.8 Å². The first-order valence-electron chi connectivity index (χ1n) is 9.33. The van der Waals surface area contributed by atoms with Crippen LogP contribution in [-0.2, 0) is 22.3 Å². The first-order valence-corrected chi connectivity index (χ1v) is 11.6. The Balaban J connectivity index is 0.000000300. The number of ether oxygens (including phenoxy) is 2. The molecule has 0 saturated heterocycles. The van der Waals surface area contributed by atoms with E-state index in [0.29, 0.717) is 55.2 Å². The third-order valence-electron chi connectivity index (χ3n) is 4.22. The van der Waals surface area contributed by atoms with Crippen molar-refractivity contribution in [1.82, 2.24) is 0 Å². The van der Waals surface area contributed by atoms with E-state index in [1.807, 2.05) is 0 Å². The van der Waals surface area contributed by atoms with Gasteiger partial charge in [-0.3, -0.25) is 0 Å². The van der Waals surface area contributed by atoms with Crippen LogP contribution in [0.15, 0.2) is 24.3 Å². The molecule has 0 N–H and O–H groups in total. The van der Waals surface area contributed by atoms with E-state index in [1.54, 1.807) is 38.5 Å². The Morgan fingerprint density at radius 1 is 0.600 bits per heavy atom. The first kappa shape index (κ1) is 28.1. The van der Waals surface area contributed by atoms with Crippen LogP contribution in [0.25, 0.3) is 0 Å². The number of benzene rings is 2. The number of methoxy groups -OCH3 is 2. The van der Waals surface area contributed by atoms with E-state index in [2.05, 4.69) is 13.8 Å². The molecular weight excluding hydrogens is 509 g/mol. The standard InChI is InChI=1S/2C11H13Cl3O/c2*1-7(6-15-2)3-9-10(13)4-8(12)5-11(9)14/h2*4-5,7H,3,6H2,1-2H3/t2*7-/m10/s1. The van der Waals surface area contributed by atoms with Gasteiger partial charge in [-0.25, -0.2) is 0 Å². The van der Waals surface area contributed by atoms with E-state index in [0.717, 1.165) is 24.0 Å². The van der Waals surface area contributed by atoms with Crippen LogP contribution in [0.4, 0.5) is 0 Å². The van der Waals surface area contributed by atoms with Crippen molar-refractivity contribution in [2.24, 2.45) is 11.8 Å². The average Bonchev–Trinajstić information content (AvgIpc) is 2.62.